The Bertz CT molecular complexity index is 418. The number of hydrogen-bond donors (Lipinski definition) is 1. The molecule has 1 aliphatic rings. The Morgan fingerprint density at radius 1 is 1.30 bits per heavy atom. The highest BCUT2D eigenvalue weighted by atomic mass is 32.2. The topological polar surface area (TPSA) is 15.3 Å². The summed E-state index contributed by atoms with van der Waals surface area (Å²) in [5.41, 5.74) is 1.53. The zero-order chi connectivity index (χ0) is 14.7. The number of aryl methyl sites for hydroxylation is 1. The molecule has 20 heavy (non-hydrogen) atoms. The van der Waals surface area contributed by atoms with Crippen molar-refractivity contribution in [2.24, 2.45) is 0 Å². The maximum Gasteiger partial charge on any atom is 0.0302 e. The van der Waals surface area contributed by atoms with Crippen LogP contribution in [0.1, 0.15) is 43.0 Å². The second kappa shape index (κ2) is 7.30. The van der Waals surface area contributed by atoms with Crippen LogP contribution in [0.5, 0.6) is 0 Å². The minimum atomic E-state index is 0.557. The van der Waals surface area contributed by atoms with E-state index >= 15 is 0 Å². The molecule has 0 amide bonds. The van der Waals surface area contributed by atoms with Crippen molar-refractivity contribution in [2.45, 2.75) is 64.2 Å². The molecule has 4 heteroatoms. The van der Waals surface area contributed by atoms with Gasteiger partial charge in [0.05, 0.1) is 0 Å². The third-order valence-electron chi connectivity index (χ3n) is 3.65. The zero-order valence-electron chi connectivity index (χ0n) is 13.4. The van der Waals surface area contributed by atoms with E-state index in [1.165, 1.54) is 28.4 Å². The number of thiophene rings is 1. The molecule has 0 radical (unpaired) electrons. The summed E-state index contributed by atoms with van der Waals surface area (Å²) in [6.45, 7) is 16.0. The van der Waals surface area contributed by atoms with Gasteiger partial charge in [0.15, 0.2) is 0 Å². The van der Waals surface area contributed by atoms with Gasteiger partial charge in [-0.25, -0.2) is 0 Å². The van der Waals surface area contributed by atoms with E-state index in [0.717, 1.165) is 23.6 Å². The van der Waals surface area contributed by atoms with E-state index in [1.807, 2.05) is 11.3 Å². The molecule has 1 N–H and O–H groups in total. The quantitative estimate of drug-likeness (QED) is 0.888. The van der Waals surface area contributed by atoms with Crippen molar-refractivity contribution in [1.82, 2.24) is 10.2 Å². The predicted octanol–water partition coefficient (Wildman–Crippen LogP) is 3.88. The van der Waals surface area contributed by atoms with Crippen LogP contribution in [-0.2, 0) is 13.1 Å². The SMILES string of the molecule is Cc1sc(CNC(C)C)cc1CN1CC(C)SC(C)C1. The monoisotopic (exact) mass is 312 g/mol. The molecule has 114 valence electrons. The van der Waals surface area contributed by atoms with E-state index in [2.05, 4.69) is 62.7 Å². The van der Waals surface area contributed by atoms with Crippen LogP contribution < -0.4 is 5.32 Å². The molecule has 0 saturated carbocycles. The van der Waals surface area contributed by atoms with Gasteiger partial charge in [-0.15, -0.1) is 11.3 Å². The van der Waals surface area contributed by atoms with Gasteiger partial charge in [0.2, 0.25) is 0 Å². The number of hydrogen-bond acceptors (Lipinski definition) is 4. The van der Waals surface area contributed by atoms with Crippen molar-refractivity contribution in [3.8, 4) is 0 Å². The summed E-state index contributed by atoms with van der Waals surface area (Å²) < 4.78 is 0. The average molecular weight is 313 g/mol. The van der Waals surface area contributed by atoms with Gasteiger partial charge in [0.25, 0.3) is 0 Å². The lowest BCUT2D eigenvalue weighted by molar-refractivity contribution is 0.262. The lowest BCUT2D eigenvalue weighted by Gasteiger charge is -2.34. The third kappa shape index (κ3) is 4.76. The predicted molar refractivity (Wildman–Crippen MR) is 92.8 cm³/mol. The molecule has 1 aliphatic heterocycles. The van der Waals surface area contributed by atoms with Crippen LogP contribution in [0.4, 0.5) is 0 Å². The molecule has 2 unspecified atom stereocenters. The average Bonchev–Trinajstić information content (AvgIpc) is 2.66. The summed E-state index contributed by atoms with van der Waals surface area (Å²) in [5, 5.41) is 5.04. The zero-order valence-corrected chi connectivity index (χ0v) is 15.0. The van der Waals surface area contributed by atoms with E-state index in [1.54, 1.807) is 0 Å². The smallest absolute Gasteiger partial charge is 0.0302 e. The molecule has 0 spiro atoms. The summed E-state index contributed by atoms with van der Waals surface area (Å²) in [7, 11) is 0. The Morgan fingerprint density at radius 2 is 1.95 bits per heavy atom. The molecule has 2 heterocycles. The lowest BCUT2D eigenvalue weighted by atomic mass is 10.2. The van der Waals surface area contributed by atoms with Crippen molar-refractivity contribution in [2.75, 3.05) is 13.1 Å². The van der Waals surface area contributed by atoms with Gasteiger partial charge >= 0.3 is 0 Å². The molecule has 2 atom stereocenters. The standard InChI is InChI=1S/C16H28N2S2/c1-11(2)17-7-16-6-15(14(5)20-16)10-18-8-12(3)19-13(4)9-18/h6,11-13,17H,7-10H2,1-5H3. The normalized spacial score (nSPS) is 24.5. The van der Waals surface area contributed by atoms with Gasteiger partial charge in [0.1, 0.15) is 0 Å². The Kier molecular flexibility index (Phi) is 5.96. The van der Waals surface area contributed by atoms with Gasteiger partial charge in [0, 0.05) is 52.5 Å². The first-order valence-electron chi connectivity index (χ1n) is 7.63. The molecule has 0 aromatic carbocycles. The first-order valence-corrected chi connectivity index (χ1v) is 9.39. The number of rotatable bonds is 5. The minimum absolute atomic E-state index is 0.557. The van der Waals surface area contributed by atoms with Gasteiger partial charge in [-0.05, 0) is 18.6 Å². The van der Waals surface area contributed by atoms with Crippen molar-refractivity contribution < 1.29 is 0 Å². The van der Waals surface area contributed by atoms with Gasteiger partial charge in [-0.1, -0.05) is 27.7 Å². The molecule has 1 fully saturated rings. The van der Waals surface area contributed by atoms with Crippen LogP contribution in [0.3, 0.4) is 0 Å². The Labute approximate surface area is 132 Å². The molecule has 0 aliphatic carbocycles. The van der Waals surface area contributed by atoms with Crippen molar-refractivity contribution >= 4 is 23.1 Å². The molecule has 0 bridgehead atoms. The molecule has 1 aromatic rings. The maximum atomic E-state index is 3.51. The molecular weight excluding hydrogens is 284 g/mol. The first kappa shape index (κ1) is 16.3. The van der Waals surface area contributed by atoms with Gasteiger partial charge in [-0.2, -0.15) is 11.8 Å². The number of thioether (sulfide) groups is 1. The largest absolute Gasteiger partial charge is 0.310 e. The van der Waals surface area contributed by atoms with Crippen LogP contribution in [-0.4, -0.2) is 34.5 Å². The molecular formula is C16H28N2S2. The highest BCUT2D eigenvalue weighted by Crippen LogP contribution is 2.28. The van der Waals surface area contributed by atoms with Crippen molar-refractivity contribution in [3.63, 3.8) is 0 Å². The fourth-order valence-electron chi connectivity index (χ4n) is 2.79. The minimum Gasteiger partial charge on any atom is -0.310 e. The summed E-state index contributed by atoms with van der Waals surface area (Å²) >= 11 is 4.08. The van der Waals surface area contributed by atoms with Crippen LogP contribution in [0.25, 0.3) is 0 Å². The summed E-state index contributed by atoms with van der Waals surface area (Å²) in [4.78, 5) is 5.59. The number of nitrogens with one attached hydrogen (secondary N) is 1. The second-order valence-electron chi connectivity index (χ2n) is 6.28. The fourth-order valence-corrected chi connectivity index (χ4v) is 5.18. The fraction of sp³-hybridized carbons (Fsp3) is 0.750. The van der Waals surface area contributed by atoms with Crippen LogP contribution >= 0.6 is 23.1 Å². The van der Waals surface area contributed by atoms with E-state index in [0.29, 0.717) is 6.04 Å². The Morgan fingerprint density at radius 3 is 2.55 bits per heavy atom. The van der Waals surface area contributed by atoms with Crippen LogP contribution in [0, 0.1) is 6.92 Å². The van der Waals surface area contributed by atoms with Gasteiger partial charge in [-0.3, -0.25) is 4.90 Å². The highest BCUT2D eigenvalue weighted by molar-refractivity contribution is 8.00. The molecule has 2 rings (SSSR count). The summed E-state index contributed by atoms with van der Waals surface area (Å²) in [5.74, 6) is 0. The Balaban J connectivity index is 1.95. The summed E-state index contributed by atoms with van der Waals surface area (Å²) in [6.07, 6.45) is 0. The van der Waals surface area contributed by atoms with Crippen molar-refractivity contribution in [3.05, 3.63) is 21.4 Å². The second-order valence-corrected chi connectivity index (χ2v) is 9.50. The van der Waals surface area contributed by atoms with E-state index in [4.69, 9.17) is 0 Å². The van der Waals surface area contributed by atoms with Crippen LogP contribution in [0.15, 0.2) is 6.07 Å². The van der Waals surface area contributed by atoms with Crippen LogP contribution in [0.2, 0.25) is 0 Å². The third-order valence-corrected chi connectivity index (χ3v) is 5.97. The summed E-state index contributed by atoms with van der Waals surface area (Å²) in [6, 6.07) is 2.97. The first-order chi connectivity index (χ1) is 9.44. The van der Waals surface area contributed by atoms with E-state index in [9.17, 15) is 0 Å². The molecule has 1 saturated heterocycles. The van der Waals surface area contributed by atoms with Crippen molar-refractivity contribution in [1.29, 1.82) is 0 Å². The maximum absolute atomic E-state index is 3.51. The highest BCUT2D eigenvalue weighted by Gasteiger charge is 2.22. The van der Waals surface area contributed by atoms with E-state index < -0.39 is 0 Å². The lowest BCUT2D eigenvalue weighted by Crippen LogP contribution is -2.39. The Hall–Kier alpha value is -0.0300. The van der Waals surface area contributed by atoms with Gasteiger partial charge < -0.3 is 5.32 Å². The molecule has 1 aromatic heterocycles. The number of nitrogens with zero attached hydrogens (tertiary/aromatic N) is 1. The molecule has 2 nitrogen and oxygen atoms in total. The van der Waals surface area contributed by atoms with E-state index in [-0.39, 0.29) is 0 Å².